The molecule has 0 unspecified atom stereocenters. The Morgan fingerprint density at radius 2 is 0.859 bits per heavy atom. The summed E-state index contributed by atoms with van der Waals surface area (Å²) >= 11 is 0. The highest BCUT2D eigenvalue weighted by atomic mass is 15.1. The molecule has 0 atom stereocenters. The fraction of sp³-hybridized carbons (Fsp3) is 0.175. The average Bonchev–Trinajstić information content (AvgIpc) is 3.54. The van der Waals surface area contributed by atoms with E-state index in [9.17, 15) is 0 Å². The van der Waals surface area contributed by atoms with Gasteiger partial charge < -0.3 is 4.90 Å². The molecule has 0 radical (unpaired) electrons. The van der Waals surface area contributed by atoms with E-state index in [1.54, 1.807) is 0 Å². The maximum atomic E-state index is 2.50. The second kappa shape index (κ2) is 15.7. The van der Waals surface area contributed by atoms with E-state index in [1.165, 1.54) is 88.7 Å². The number of hydrogen-bond acceptors (Lipinski definition) is 1. The monoisotopic (exact) mass is 827 g/mol. The van der Waals surface area contributed by atoms with E-state index in [4.69, 9.17) is 0 Å². The summed E-state index contributed by atoms with van der Waals surface area (Å²) in [7, 11) is 0. The molecule has 1 aliphatic rings. The normalized spacial score (nSPS) is 13.1. The fourth-order valence-corrected chi connectivity index (χ4v) is 10.2. The maximum absolute atomic E-state index is 2.50. The van der Waals surface area contributed by atoms with Gasteiger partial charge >= 0.3 is 0 Å². The summed E-state index contributed by atoms with van der Waals surface area (Å²) in [6.07, 6.45) is 0. The minimum Gasteiger partial charge on any atom is -0.309 e. The van der Waals surface area contributed by atoms with Crippen LogP contribution < -0.4 is 4.90 Å². The zero-order chi connectivity index (χ0) is 44.4. The minimum atomic E-state index is -0.142. The molecule has 1 aliphatic carbocycles. The standard InChI is InChI=1S/C63H57N/c1-61(2,3)46-38-45(39-47(41-46)62(4,5)6)50-31-19-24-43-25-20-33-54(59(43)50)53-30-14-17-37-58(53)64(57-36-16-13-28-49(57)42-22-10-9-11-23-42)48-27-18-26-44(40-48)51-32-21-34-55-52-29-12-15-35-56(52)63(7,8)60(51)55/h9-41H,1-8H3. The molecule has 314 valence electrons. The van der Waals surface area contributed by atoms with Gasteiger partial charge in [0.05, 0.1) is 11.4 Å². The number of para-hydroxylation sites is 2. The van der Waals surface area contributed by atoms with Crippen LogP contribution in [0.4, 0.5) is 17.1 Å². The van der Waals surface area contributed by atoms with Crippen molar-refractivity contribution in [2.24, 2.45) is 0 Å². The van der Waals surface area contributed by atoms with Gasteiger partial charge in [0.25, 0.3) is 0 Å². The second-order valence-electron chi connectivity index (χ2n) is 20.2. The Morgan fingerprint density at radius 3 is 1.55 bits per heavy atom. The van der Waals surface area contributed by atoms with Crippen molar-refractivity contribution in [3.05, 3.63) is 222 Å². The van der Waals surface area contributed by atoms with Crippen LogP contribution in [-0.4, -0.2) is 0 Å². The van der Waals surface area contributed by atoms with E-state index in [-0.39, 0.29) is 16.2 Å². The third-order valence-corrected chi connectivity index (χ3v) is 13.5. The van der Waals surface area contributed by atoms with Crippen molar-refractivity contribution in [3.63, 3.8) is 0 Å². The highest BCUT2D eigenvalue weighted by Crippen LogP contribution is 2.53. The van der Waals surface area contributed by atoms with Crippen LogP contribution in [0.1, 0.15) is 77.6 Å². The van der Waals surface area contributed by atoms with Crippen LogP contribution in [0, 0.1) is 0 Å². The first-order valence-corrected chi connectivity index (χ1v) is 22.8. The molecule has 9 aromatic rings. The first kappa shape index (κ1) is 41.1. The number of anilines is 3. The molecule has 9 aromatic carbocycles. The van der Waals surface area contributed by atoms with Gasteiger partial charge in [-0.15, -0.1) is 0 Å². The van der Waals surface area contributed by atoms with Crippen molar-refractivity contribution in [2.75, 3.05) is 4.90 Å². The van der Waals surface area contributed by atoms with Crippen LogP contribution in [0.2, 0.25) is 0 Å². The quantitative estimate of drug-likeness (QED) is 0.155. The van der Waals surface area contributed by atoms with E-state index < -0.39 is 0 Å². The van der Waals surface area contributed by atoms with Crippen molar-refractivity contribution in [1.82, 2.24) is 0 Å². The molecular formula is C63H57N. The zero-order valence-corrected chi connectivity index (χ0v) is 38.5. The average molecular weight is 828 g/mol. The lowest BCUT2D eigenvalue weighted by Gasteiger charge is -2.31. The van der Waals surface area contributed by atoms with Crippen molar-refractivity contribution < 1.29 is 0 Å². The Kier molecular flexibility index (Phi) is 10.1. The molecule has 10 rings (SSSR count). The van der Waals surface area contributed by atoms with E-state index in [0.29, 0.717) is 0 Å². The van der Waals surface area contributed by atoms with Gasteiger partial charge in [-0.1, -0.05) is 231 Å². The fourth-order valence-electron chi connectivity index (χ4n) is 10.2. The van der Waals surface area contributed by atoms with E-state index >= 15 is 0 Å². The smallest absolute Gasteiger partial charge is 0.0540 e. The van der Waals surface area contributed by atoms with Gasteiger partial charge in [0.1, 0.15) is 0 Å². The molecule has 0 saturated carbocycles. The van der Waals surface area contributed by atoms with E-state index in [0.717, 1.165) is 17.1 Å². The van der Waals surface area contributed by atoms with Gasteiger partial charge in [-0.3, -0.25) is 0 Å². The largest absolute Gasteiger partial charge is 0.309 e. The molecule has 0 saturated heterocycles. The molecule has 0 heterocycles. The molecular weight excluding hydrogens is 771 g/mol. The number of rotatable bonds is 7. The summed E-state index contributed by atoms with van der Waals surface area (Å²) in [4.78, 5) is 2.50. The van der Waals surface area contributed by atoms with Crippen LogP contribution in [0.25, 0.3) is 66.4 Å². The molecule has 0 bridgehead atoms. The first-order chi connectivity index (χ1) is 30.8. The predicted octanol–water partition coefficient (Wildman–Crippen LogP) is 17.9. The SMILES string of the molecule is CC(C)(C)c1cc(-c2cccc3cccc(-c4ccccc4N(c4cccc(-c5cccc6c5C(C)(C)c5ccccc5-6)c4)c4ccccc4-c4ccccc4)c23)cc(C(C)(C)C)c1. The van der Waals surface area contributed by atoms with Gasteiger partial charge in [0.2, 0.25) is 0 Å². The van der Waals surface area contributed by atoms with Gasteiger partial charge in [-0.05, 0) is 113 Å². The summed E-state index contributed by atoms with van der Waals surface area (Å²) in [6, 6.07) is 74.7. The van der Waals surface area contributed by atoms with Crippen molar-refractivity contribution in [2.45, 2.75) is 71.6 Å². The second-order valence-corrected chi connectivity index (χ2v) is 20.2. The first-order valence-electron chi connectivity index (χ1n) is 22.8. The summed E-state index contributed by atoms with van der Waals surface area (Å²) in [6.45, 7) is 18.7. The lowest BCUT2D eigenvalue weighted by atomic mass is 9.78. The molecule has 0 aliphatic heterocycles. The van der Waals surface area contributed by atoms with Crippen LogP contribution in [0.15, 0.2) is 200 Å². The molecule has 0 fully saturated rings. The summed E-state index contributed by atoms with van der Waals surface area (Å²) < 4.78 is 0. The zero-order valence-electron chi connectivity index (χ0n) is 38.5. The minimum absolute atomic E-state index is 0.00321. The highest BCUT2D eigenvalue weighted by molar-refractivity contribution is 6.09. The number of fused-ring (bicyclic) bond motifs is 4. The third-order valence-electron chi connectivity index (χ3n) is 13.5. The lowest BCUT2D eigenvalue weighted by molar-refractivity contribution is 0.569. The summed E-state index contributed by atoms with van der Waals surface area (Å²) in [5.74, 6) is 0. The number of benzene rings is 9. The Labute approximate surface area is 380 Å². The van der Waals surface area contributed by atoms with Gasteiger partial charge in [0, 0.05) is 22.2 Å². The Morgan fingerprint density at radius 1 is 0.359 bits per heavy atom. The Balaban J connectivity index is 1.22. The van der Waals surface area contributed by atoms with Crippen molar-refractivity contribution in [3.8, 4) is 55.6 Å². The summed E-state index contributed by atoms with van der Waals surface area (Å²) in [5, 5.41) is 2.48. The molecule has 0 amide bonds. The van der Waals surface area contributed by atoms with Crippen LogP contribution in [0.3, 0.4) is 0 Å². The van der Waals surface area contributed by atoms with E-state index in [2.05, 4.69) is 260 Å². The molecule has 1 nitrogen and oxygen atoms in total. The van der Waals surface area contributed by atoms with Crippen molar-refractivity contribution >= 4 is 27.8 Å². The van der Waals surface area contributed by atoms with Crippen molar-refractivity contribution in [1.29, 1.82) is 0 Å². The Hall–Kier alpha value is -6.96. The molecule has 64 heavy (non-hydrogen) atoms. The van der Waals surface area contributed by atoms with Crippen LogP contribution in [0.5, 0.6) is 0 Å². The molecule has 0 N–H and O–H groups in total. The summed E-state index contributed by atoms with van der Waals surface area (Å²) in [5.41, 5.74) is 21.1. The number of nitrogens with zero attached hydrogens (tertiary/aromatic N) is 1. The third kappa shape index (κ3) is 7.14. The van der Waals surface area contributed by atoms with Gasteiger partial charge in [-0.25, -0.2) is 0 Å². The van der Waals surface area contributed by atoms with Crippen LogP contribution >= 0.6 is 0 Å². The van der Waals surface area contributed by atoms with E-state index in [1.807, 2.05) is 0 Å². The Bertz CT molecular complexity index is 3170. The highest BCUT2D eigenvalue weighted by Gasteiger charge is 2.37. The maximum Gasteiger partial charge on any atom is 0.0540 e. The van der Waals surface area contributed by atoms with Gasteiger partial charge in [-0.2, -0.15) is 0 Å². The molecule has 1 heteroatoms. The predicted molar refractivity (Wildman–Crippen MR) is 275 cm³/mol. The van der Waals surface area contributed by atoms with Crippen LogP contribution in [-0.2, 0) is 16.2 Å². The molecule has 0 spiro atoms. The molecule has 0 aromatic heterocycles. The number of hydrogen-bond donors (Lipinski definition) is 0. The van der Waals surface area contributed by atoms with Gasteiger partial charge in [0.15, 0.2) is 0 Å². The topological polar surface area (TPSA) is 3.24 Å². The lowest BCUT2D eigenvalue weighted by Crippen LogP contribution is -2.16.